The molecule has 2 aliphatic rings. The summed E-state index contributed by atoms with van der Waals surface area (Å²) in [5, 5.41) is 3.28. The Morgan fingerprint density at radius 3 is 2.16 bits per heavy atom. The van der Waals surface area contributed by atoms with Crippen LogP contribution in [0.3, 0.4) is 0 Å². The minimum atomic E-state index is -4.50. The summed E-state index contributed by atoms with van der Waals surface area (Å²) in [6.45, 7) is 15.3. The first kappa shape index (κ1) is 44.2. The predicted octanol–water partition coefficient (Wildman–Crippen LogP) is 5.66. The van der Waals surface area contributed by atoms with Crippen LogP contribution in [0.5, 0.6) is 0 Å². The first-order chi connectivity index (χ1) is 23.1. The van der Waals surface area contributed by atoms with Gasteiger partial charge < -0.3 is 24.7 Å². The lowest BCUT2D eigenvalue weighted by Gasteiger charge is -2.26. The molecule has 15 heteroatoms. The van der Waals surface area contributed by atoms with Gasteiger partial charge in [-0.15, -0.1) is 0 Å². The number of phosphoric ester groups is 1. The normalized spacial score (nSPS) is 22.4. The number of carbonyl (C=O) groups is 4. The van der Waals surface area contributed by atoms with Gasteiger partial charge in [-0.05, 0) is 52.0 Å². The van der Waals surface area contributed by atoms with Gasteiger partial charge in [0.15, 0.2) is 0 Å². The summed E-state index contributed by atoms with van der Waals surface area (Å²) in [5.41, 5.74) is 0. The van der Waals surface area contributed by atoms with Gasteiger partial charge in [-0.1, -0.05) is 56.2 Å². The molecular weight excluding hydrogens is 689 g/mol. The molecular formula is C34H62N3O9PS2. The molecule has 2 fully saturated rings. The fourth-order valence-electron chi connectivity index (χ4n) is 5.90. The highest BCUT2D eigenvalue weighted by Crippen LogP contribution is 2.47. The van der Waals surface area contributed by atoms with Crippen molar-refractivity contribution in [2.75, 3.05) is 44.4 Å². The monoisotopic (exact) mass is 751 g/mol. The van der Waals surface area contributed by atoms with Gasteiger partial charge in [0.2, 0.25) is 11.8 Å². The fraction of sp³-hybridized carbons (Fsp3) is 0.882. The molecule has 0 spiro atoms. The van der Waals surface area contributed by atoms with Crippen LogP contribution < -0.4 is 5.32 Å². The van der Waals surface area contributed by atoms with Crippen LogP contribution in [0, 0.1) is 11.8 Å². The molecule has 2 saturated heterocycles. The average Bonchev–Trinajstić information content (AvgIpc) is 3.61. The molecule has 2 aliphatic heterocycles. The van der Waals surface area contributed by atoms with Crippen LogP contribution in [-0.4, -0.2) is 113 Å². The van der Waals surface area contributed by atoms with Crippen molar-refractivity contribution >= 4 is 52.8 Å². The van der Waals surface area contributed by atoms with Gasteiger partial charge in [0.1, 0.15) is 11.6 Å². The maximum atomic E-state index is 13.2. The Kier molecular flexibility index (Phi) is 20.6. The SMILES string of the molecule is CC(C)NCCCC(=O)CCC(=O)N1C[C@H](C)C[C@H]1COP(=O)(O)OC1C[C@@H](COC(C)C)N(C(=O)CCCSSCCC(=O)C(C)C)C1. The van der Waals surface area contributed by atoms with E-state index in [4.69, 9.17) is 13.8 Å². The topological polar surface area (TPSA) is 152 Å². The van der Waals surface area contributed by atoms with Gasteiger partial charge in [0.25, 0.3) is 0 Å². The van der Waals surface area contributed by atoms with Crippen LogP contribution in [0.15, 0.2) is 0 Å². The van der Waals surface area contributed by atoms with Crippen molar-refractivity contribution < 1.29 is 42.4 Å². The van der Waals surface area contributed by atoms with Crippen LogP contribution in [0.2, 0.25) is 0 Å². The number of rotatable bonds is 25. The second-order valence-corrected chi connectivity index (χ2v) is 18.3. The number of ether oxygens (including phenoxy) is 1. The number of ketones is 2. The fourth-order valence-corrected chi connectivity index (χ4v) is 8.94. The molecule has 0 aromatic carbocycles. The van der Waals surface area contributed by atoms with Crippen molar-refractivity contribution in [2.24, 2.45) is 11.8 Å². The third kappa shape index (κ3) is 17.9. The van der Waals surface area contributed by atoms with Gasteiger partial charge in [-0.3, -0.25) is 28.2 Å². The lowest BCUT2D eigenvalue weighted by molar-refractivity contribution is -0.134. The number of Topliss-reactive ketones (excluding diaryl/α,β-unsaturated/α-hetero) is 2. The van der Waals surface area contributed by atoms with E-state index >= 15 is 0 Å². The molecule has 0 aliphatic carbocycles. The van der Waals surface area contributed by atoms with Crippen molar-refractivity contribution in [3.63, 3.8) is 0 Å². The number of nitrogens with one attached hydrogen (secondary N) is 1. The summed E-state index contributed by atoms with van der Waals surface area (Å²) in [7, 11) is -1.20. The molecule has 2 heterocycles. The summed E-state index contributed by atoms with van der Waals surface area (Å²) in [5.74, 6) is 1.87. The van der Waals surface area contributed by atoms with Crippen LogP contribution in [-0.2, 0) is 37.5 Å². The van der Waals surface area contributed by atoms with E-state index in [0.29, 0.717) is 57.7 Å². The van der Waals surface area contributed by atoms with Crippen LogP contribution >= 0.6 is 29.4 Å². The third-order valence-electron chi connectivity index (χ3n) is 8.55. The Bertz CT molecular complexity index is 1100. The summed E-state index contributed by atoms with van der Waals surface area (Å²) >= 11 is 0. The molecule has 2 rings (SSSR count). The number of nitrogens with zero attached hydrogens (tertiary/aromatic N) is 2. The lowest BCUT2D eigenvalue weighted by Crippen LogP contribution is -2.39. The minimum Gasteiger partial charge on any atom is -0.377 e. The maximum absolute atomic E-state index is 13.2. The maximum Gasteiger partial charge on any atom is 0.472 e. The van der Waals surface area contributed by atoms with E-state index in [1.807, 2.05) is 34.6 Å². The van der Waals surface area contributed by atoms with Gasteiger partial charge in [-0.25, -0.2) is 4.57 Å². The molecule has 49 heavy (non-hydrogen) atoms. The van der Waals surface area contributed by atoms with Crippen molar-refractivity contribution in [3.8, 4) is 0 Å². The molecule has 2 N–H and O–H groups in total. The van der Waals surface area contributed by atoms with Crippen molar-refractivity contribution in [3.05, 3.63) is 0 Å². The lowest BCUT2D eigenvalue weighted by atomic mass is 10.1. The molecule has 0 saturated carbocycles. The van der Waals surface area contributed by atoms with E-state index < -0.39 is 20.0 Å². The molecule has 12 nitrogen and oxygen atoms in total. The van der Waals surface area contributed by atoms with Crippen LogP contribution in [0.1, 0.15) is 106 Å². The first-order valence-electron chi connectivity index (χ1n) is 18.0. The van der Waals surface area contributed by atoms with E-state index in [0.717, 1.165) is 24.5 Å². The Balaban J connectivity index is 1.83. The number of hydrogen-bond donors (Lipinski definition) is 2. The highest BCUT2D eigenvalue weighted by atomic mass is 33.1. The highest BCUT2D eigenvalue weighted by Gasteiger charge is 2.41. The summed E-state index contributed by atoms with van der Waals surface area (Å²) < 4.78 is 29.9. The number of phosphoric acid groups is 1. The zero-order chi connectivity index (χ0) is 36.6. The summed E-state index contributed by atoms with van der Waals surface area (Å²) in [6.07, 6.45) is 3.22. The molecule has 2 unspecified atom stereocenters. The predicted molar refractivity (Wildman–Crippen MR) is 196 cm³/mol. The largest absolute Gasteiger partial charge is 0.472 e. The van der Waals surface area contributed by atoms with Crippen LogP contribution in [0.25, 0.3) is 0 Å². The highest BCUT2D eigenvalue weighted by molar-refractivity contribution is 8.76. The second-order valence-electron chi connectivity index (χ2n) is 14.2. The summed E-state index contributed by atoms with van der Waals surface area (Å²) in [4.78, 5) is 64.4. The van der Waals surface area contributed by atoms with Crippen molar-refractivity contribution in [1.29, 1.82) is 0 Å². The summed E-state index contributed by atoms with van der Waals surface area (Å²) in [6, 6.07) is -0.320. The second kappa shape index (κ2) is 22.8. The Hall–Kier alpha value is -0.990. The molecule has 0 aromatic heterocycles. The van der Waals surface area contributed by atoms with E-state index in [2.05, 4.69) is 19.2 Å². The van der Waals surface area contributed by atoms with Crippen molar-refractivity contribution in [1.82, 2.24) is 15.1 Å². The van der Waals surface area contributed by atoms with E-state index in [1.165, 1.54) is 0 Å². The van der Waals surface area contributed by atoms with Gasteiger partial charge >= 0.3 is 7.82 Å². The number of carbonyl (C=O) groups excluding carboxylic acids is 4. The first-order valence-corrected chi connectivity index (χ1v) is 21.9. The number of amides is 2. The van der Waals surface area contributed by atoms with Gasteiger partial charge in [0.05, 0.1) is 37.5 Å². The quantitative estimate of drug-likeness (QED) is 0.0674. The molecule has 0 bridgehead atoms. The Labute approximate surface area is 302 Å². The standard InChI is InChI=1S/C34H62N3O9PS2/c1-24(2)32(39)14-17-49-48-16-9-11-33(40)37-21-31(19-29(37)22-44-26(5)6)46-47(42,43)45-23-28-18-27(7)20-36(28)34(41)13-12-30(38)10-8-15-35-25(3)4/h24-29,31,35H,8-23H2,1-7H3,(H,42,43)/t27-,28+,29+,31?/m1/s1. The zero-order valence-corrected chi connectivity index (χ0v) is 33.3. The minimum absolute atomic E-state index is 0.0372. The zero-order valence-electron chi connectivity index (χ0n) is 30.7. The smallest absolute Gasteiger partial charge is 0.377 e. The van der Waals surface area contributed by atoms with E-state index in [-0.39, 0.29) is 73.4 Å². The third-order valence-corrected chi connectivity index (χ3v) is 12.1. The molecule has 2 amide bonds. The van der Waals surface area contributed by atoms with Gasteiger partial charge in [0, 0.05) is 68.7 Å². The Morgan fingerprint density at radius 2 is 1.49 bits per heavy atom. The Morgan fingerprint density at radius 1 is 0.837 bits per heavy atom. The average molecular weight is 752 g/mol. The number of likely N-dealkylation sites (tertiary alicyclic amines) is 2. The molecule has 5 atom stereocenters. The van der Waals surface area contributed by atoms with E-state index in [1.54, 1.807) is 31.4 Å². The molecule has 0 aromatic rings. The van der Waals surface area contributed by atoms with Crippen molar-refractivity contribution in [2.45, 2.75) is 137 Å². The van der Waals surface area contributed by atoms with Crippen LogP contribution in [0.4, 0.5) is 0 Å². The molecule has 284 valence electrons. The molecule has 0 radical (unpaired) electrons. The van der Waals surface area contributed by atoms with Gasteiger partial charge in [-0.2, -0.15) is 0 Å². The van der Waals surface area contributed by atoms with E-state index in [9.17, 15) is 28.6 Å². The number of hydrogen-bond acceptors (Lipinski definition) is 11.